The Balaban J connectivity index is 1.38. The Morgan fingerprint density at radius 1 is 1.00 bits per heavy atom. The molecule has 6 aromatic rings. The van der Waals surface area contributed by atoms with E-state index >= 15 is 0 Å². The third-order valence-electron chi connectivity index (χ3n) is 6.42. The maximum atomic E-state index is 13.5. The highest BCUT2D eigenvalue weighted by atomic mass is 16.6. The first-order valence-electron chi connectivity index (χ1n) is 12.5. The van der Waals surface area contributed by atoms with Crippen molar-refractivity contribution in [3.05, 3.63) is 134 Å². The van der Waals surface area contributed by atoms with Gasteiger partial charge in [0.1, 0.15) is 12.2 Å². The van der Waals surface area contributed by atoms with Crippen molar-refractivity contribution in [1.82, 2.24) is 9.66 Å². The lowest BCUT2D eigenvalue weighted by molar-refractivity contribution is -0.385. The highest BCUT2D eigenvalue weighted by Crippen LogP contribution is 2.29. The van der Waals surface area contributed by atoms with E-state index < -0.39 is 10.5 Å². The fraction of sp³-hybridized carbons (Fsp3) is 0.0645. The van der Waals surface area contributed by atoms with Gasteiger partial charge >= 0.3 is 5.69 Å². The van der Waals surface area contributed by atoms with Gasteiger partial charge in [0.15, 0.2) is 11.5 Å². The Hall–Kier alpha value is -5.57. The first-order valence-corrected chi connectivity index (χ1v) is 12.5. The molecular formula is C31H22N4O5. The Kier molecular flexibility index (Phi) is 6.37. The molecule has 9 nitrogen and oxygen atoms in total. The van der Waals surface area contributed by atoms with Gasteiger partial charge in [-0.05, 0) is 48.9 Å². The minimum atomic E-state index is -0.509. The van der Waals surface area contributed by atoms with Gasteiger partial charge in [0.25, 0.3) is 5.56 Å². The van der Waals surface area contributed by atoms with Crippen LogP contribution in [0.25, 0.3) is 33.5 Å². The molecule has 0 bridgehead atoms. The van der Waals surface area contributed by atoms with Gasteiger partial charge in [0, 0.05) is 17.0 Å². The van der Waals surface area contributed by atoms with Crippen LogP contribution >= 0.6 is 0 Å². The van der Waals surface area contributed by atoms with Crippen LogP contribution in [0.1, 0.15) is 16.7 Å². The summed E-state index contributed by atoms with van der Waals surface area (Å²) >= 11 is 0. The zero-order valence-corrected chi connectivity index (χ0v) is 21.4. The van der Waals surface area contributed by atoms with Gasteiger partial charge in [-0.25, -0.2) is 4.98 Å². The van der Waals surface area contributed by atoms with E-state index in [0.717, 1.165) is 21.2 Å². The largest absolute Gasteiger partial charge is 0.482 e. The van der Waals surface area contributed by atoms with Gasteiger partial charge in [-0.2, -0.15) is 9.78 Å². The number of nitro benzene ring substituents is 1. The lowest BCUT2D eigenvalue weighted by Gasteiger charge is -2.09. The summed E-state index contributed by atoms with van der Waals surface area (Å²) in [4.78, 5) is 29.5. The number of rotatable bonds is 7. The summed E-state index contributed by atoms with van der Waals surface area (Å²) in [6, 6.07) is 28.5. The number of benzene rings is 4. The first-order chi connectivity index (χ1) is 19.5. The Morgan fingerprint density at radius 3 is 2.58 bits per heavy atom. The minimum absolute atomic E-state index is 0.134. The van der Waals surface area contributed by atoms with Crippen LogP contribution in [0, 0.1) is 17.0 Å². The maximum Gasteiger partial charge on any atom is 0.311 e. The summed E-state index contributed by atoms with van der Waals surface area (Å²) in [5, 5.41) is 17.5. The fourth-order valence-electron chi connectivity index (χ4n) is 4.33. The molecule has 0 aliphatic heterocycles. The molecule has 40 heavy (non-hydrogen) atoms. The van der Waals surface area contributed by atoms with Crippen molar-refractivity contribution in [3.8, 4) is 17.3 Å². The molecule has 196 valence electrons. The molecule has 0 aliphatic rings. The molecule has 0 radical (unpaired) electrons. The number of aryl methyl sites for hydroxylation is 1. The van der Waals surface area contributed by atoms with E-state index in [0.29, 0.717) is 27.8 Å². The van der Waals surface area contributed by atoms with Crippen LogP contribution in [0.15, 0.2) is 111 Å². The van der Waals surface area contributed by atoms with Gasteiger partial charge in [0.05, 0.1) is 22.0 Å². The summed E-state index contributed by atoms with van der Waals surface area (Å²) < 4.78 is 12.9. The van der Waals surface area contributed by atoms with Gasteiger partial charge in [0.2, 0.25) is 5.82 Å². The molecule has 0 N–H and O–H groups in total. The second kappa shape index (κ2) is 10.3. The van der Waals surface area contributed by atoms with Crippen LogP contribution in [0.4, 0.5) is 5.69 Å². The van der Waals surface area contributed by atoms with Gasteiger partial charge in [-0.1, -0.05) is 60.2 Å². The Bertz CT molecular complexity index is 1940. The average molecular weight is 531 g/mol. The predicted molar refractivity (Wildman–Crippen MR) is 153 cm³/mol. The molecule has 2 heterocycles. The third-order valence-corrected chi connectivity index (χ3v) is 6.42. The summed E-state index contributed by atoms with van der Waals surface area (Å²) in [5.74, 6) is 0.714. The zero-order valence-electron chi connectivity index (χ0n) is 21.4. The number of furan rings is 1. The number of hydrogen-bond acceptors (Lipinski definition) is 7. The standard InChI is InChI=1S/C31H22N4O5/c1-20-10-12-21(13-11-20)19-39-28-15-14-22(16-26(28)35(37)38)18-32-34-30(29-17-23-6-2-5-9-27(23)40-29)33-25-8-4-3-7-24(25)31(34)36/h2-18H,19H2,1H3. The topological polar surface area (TPSA) is 113 Å². The Morgan fingerprint density at radius 2 is 1.77 bits per heavy atom. The van der Waals surface area contributed by atoms with E-state index in [1.165, 1.54) is 18.3 Å². The summed E-state index contributed by atoms with van der Waals surface area (Å²) in [5.41, 5.74) is 2.95. The molecule has 6 rings (SSSR count). The molecule has 0 saturated carbocycles. The predicted octanol–water partition coefficient (Wildman–Crippen LogP) is 6.49. The lowest BCUT2D eigenvalue weighted by Crippen LogP contribution is -2.20. The molecule has 0 aliphatic carbocycles. The zero-order chi connectivity index (χ0) is 27.6. The van der Waals surface area contributed by atoms with E-state index in [1.807, 2.05) is 55.5 Å². The van der Waals surface area contributed by atoms with Crippen molar-refractivity contribution >= 4 is 33.8 Å². The monoisotopic (exact) mass is 530 g/mol. The quantitative estimate of drug-likeness (QED) is 0.132. The number of nitro groups is 1. The van der Waals surface area contributed by atoms with Crippen molar-refractivity contribution in [2.24, 2.45) is 5.10 Å². The molecule has 9 heteroatoms. The smallest absolute Gasteiger partial charge is 0.311 e. The van der Waals surface area contributed by atoms with Crippen LogP contribution in [0.2, 0.25) is 0 Å². The summed E-state index contributed by atoms with van der Waals surface area (Å²) in [6.07, 6.45) is 1.38. The number of nitrogens with zero attached hydrogens (tertiary/aromatic N) is 4. The second-order valence-corrected chi connectivity index (χ2v) is 9.22. The molecule has 0 unspecified atom stereocenters. The van der Waals surface area contributed by atoms with Crippen molar-refractivity contribution in [2.75, 3.05) is 0 Å². The van der Waals surface area contributed by atoms with Crippen molar-refractivity contribution < 1.29 is 14.1 Å². The summed E-state index contributed by atoms with van der Waals surface area (Å²) in [6.45, 7) is 2.17. The maximum absolute atomic E-state index is 13.5. The number of ether oxygens (including phenoxy) is 1. The van der Waals surface area contributed by atoms with Crippen LogP contribution < -0.4 is 10.3 Å². The molecule has 2 aromatic heterocycles. The van der Waals surface area contributed by atoms with Crippen molar-refractivity contribution in [3.63, 3.8) is 0 Å². The lowest BCUT2D eigenvalue weighted by atomic mass is 10.1. The van der Waals surface area contributed by atoms with Crippen molar-refractivity contribution in [2.45, 2.75) is 13.5 Å². The number of fused-ring (bicyclic) bond motifs is 2. The van der Waals surface area contributed by atoms with E-state index in [-0.39, 0.29) is 23.9 Å². The molecule has 4 aromatic carbocycles. The first kappa shape index (κ1) is 24.7. The van der Waals surface area contributed by atoms with E-state index in [1.54, 1.807) is 36.4 Å². The SMILES string of the molecule is Cc1ccc(COc2ccc(C=Nn3c(-c4cc5ccccc5o4)nc4ccccc4c3=O)cc2[N+](=O)[O-])cc1. The highest BCUT2D eigenvalue weighted by molar-refractivity contribution is 5.85. The third kappa shape index (κ3) is 4.83. The van der Waals surface area contributed by atoms with E-state index in [4.69, 9.17) is 9.15 Å². The van der Waals surface area contributed by atoms with Crippen LogP contribution in [-0.2, 0) is 6.61 Å². The van der Waals surface area contributed by atoms with Gasteiger partial charge < -0.3 is 9.15 Å². The van der Waals surface area contributed by atoms with Gasteiger partial charge in [-0.3, -0.25) is 14.9 Å². The Labute approximate surface area is 227 Å². The van der Waals surface area contributed by atoms with Gasteiger partial charge in [-0.15, -0.1) is 0 Å². The molecule has 0 atom stereocenters. The molecule has 0 spiro atoms. The average Bonchev–Trinajstić information content (AvgIpc) is 3.41. The highest BCUT2D eigenvalue weighted by Gasteiger charge is 2.18. The fourth-order valence-corrected chi connectivity index (χ4v) is 4.33. The van der Waals surface area contributed by atoms with Crippen LogP contribution in [0.5, 0.6) is 5.75 Å². The molecule has 0 amide bonds. The molecular weight excluding hydrogens is 508 g/mol. The van der Waals surface area contributed by atoms with E-state index in [9.17, 15) is 14.9 Å². The van der Waals surface area contributed by atoms with Crippen LogP contribution in [0.3, 0.4) is 0 Å². The van der Waals surface area contributed by atoms with Crippen LogP contribution in [-0.4, -0.2) is 20.8 Å². The molecule has 0 fully saturated rings. The number of hydrogen-bond donors (Lipinski definition) is 0. The number of aromatic nitrogens is 2. The minimum Gasteiger partial charge on any atom is -0.482 e. The van der Waals surface area contributed by atoms with Crippen molar-refractivity contribution in [1.29, 1.82) is 0 Å². The number of para-hydroxylation sites is 2. The second-order valence-electron chi connectivity index (χ2n) is 9.22. The normalized spacial score (nSPS) is 11.4. The molecule has 0 saturated heterocycles. The summed E-state index contributed by atoms with van der Waals surface area (Å²) in [7, 11) is 0. The van der Waals surface area contributed by atoms with E-state index in [2.05, 4.69) is 10.1 Å².